The van der Waals surface area contributed by atoms with Crippen molar-refractivity contribution >= 4 is 17.1 Å². The molecule has 0 unspecified atom stereocenters. The van der Waals surface area contributed by atoms with Gasteiger partial charge >= 0.3 is 0 Å². The van der Waals surface area contributed by atoms with Gasteiger partial charge in [-0.25, -0.2) is 0 Å². The largest absolute Gasteiger partial charge is 0.310 e. The second kappa shape index (κ2) is 13.9. The maximum absolute atomic E-state index is 2.56. The lowest BCUT2D eigenvalue weighted by molar-refractivity contribution is 0.623. The summed E-state index contributed by atoms with van der Waals surface area (Å²) in [6.07, 6.45) is 10.0. The number of nitrogens with zero attached hydrogens (tertiary/aromatic N) is 1. The van der Waals surface area contributed by atoms with Crippen molar-refractivity contribution < 1.29 is 0 Å². The van der Waals surface area contributed by atoms with Gasteiger partial charge in [0, 0.05) is 17.1 Å². The number of hydrogen-bond donors (Lipinski definition) is 0. The summed E-state index contributed by atoms with van der Waals surface area (Å²) in [7, 11) is 0. The highest BCUT2D eigenvalue weighted by molar-refractivity contribution is 5.92. The minimum atomic E-state index is -0.586. The minimum absolute atomic E-state index is 0.543. The molecule has 276 valence electrons. The Morgan fingerprint density at radius 2 is 0.862 bits per heavy atom. The summed E-state index contributed by atoms with van der Waals surface area (Å²) >= 11 is 0. The third-order valence-electron chi connectivity index (χ3n) is 12.9. The fraction of sp³-hybridized carbons (Fsp3) is 0.0877. The lowest BCUT2D eigenvalue weighted by Gasteiger charge is -2.50. The molecule has 0 fully saturated rings. The number of fused-ring (bicyclic) bond motifs is 9. The Morgan fingerprint density at radius 3 is 1.38 bits per heavy atom. The van der Waals surface area contributed by atoms with Crippen LogP contribution in [-0.2, 0) is 17.3 Å². The Hall–Kier alpha value is -6.96. The molecule has 58 heavy (non-hydrogen) atoms. The van der Waals surface area contributed by atoms with E-state index in [-0.39, 0.29) is 0 Å². The second-order valence-electron chi connectivity index (χ2n) is 15.9. The molecule has 1 nitrogen and oxygen atoms in total. The summed E-state index contributed by atoms with van der Waals surface area (Å²) < 4.78 is 0. The van der Waals surface area contributed by atoms with Crippen molar-refractivity contribution in [3.63, 3.8) is 0 Å². The molecule has 11 rings (SSSR count). The van der Waals surface area contributed by atoms with Gasteiger partial charge in [-0.05, 0) is 117 Å². The molecule has 3 aliphatic carbocycles. The molecule has 8 aromatic carbocycles. The molecule has 3 aliphatic rings. The predicted molar refractivity (Wildman–Crippen MR) is 240 cm³/mol. The van der Waals surface area contributed by atoms with Gasteiger partial charge in [0.2, 0.25) is 0 Å². The highest BCUT2D eigenvalue weighted by Gasteiger charge is 2.56. The molecule has 1 heteroatoms. The number of para-hydroxylation sites is 2. The van der Waals surface area contributed by atoms with Crippen LogP contribution in [0.4, 0.5) is 17.1 Å². The van der Waals surface area contributed by atoms with Crippen molar-refractivity contribution in [3.8, 4) is 11.1 Å². The van der Waals surface area contributed by atoms with Crippen LogP contribution in [-0.4, -0.2) is 0 Å². The van der Waals surface area contributed by atoms with Gasteiger partial charge in [0.1, 0.15) is 0 Å². The summed E-state index contributed by atoms with van der Waals surface area (Å²) in [5.41, 5.74) is 18.3. The van der Waals surface area contributed by atoms with Crippen LogP contribution in [0.15, 0.2) is 230 Å². The zero-order chi connectivity index (χ0) is 38.5. The van der Waals surface area contributed by atoms with E-state index in [9.17, 15) is 0 Å². The Labute approximate surface area is 341 Å². The van der Waals surface area contributed by atoms with E-state index >= 15 is 0 Å². The Balaban J connectivity index is 1.25. The monoisotopic (exact) mass is 741 g/mol. The summed E-state index contributed by atoms with van der Waals surface area (Å²) in [6.45, 7) is 0. The molecule has 0 heterocycles. The smallest absolute Gasteiger partial charge is 0.0720 e. The summed E-state index contributed by atoms with van der Waals surface area (Å²) in [4.78, 5) is 2.41. The molecule has 0 radical (unpaired) electrons. The molecule has 0 amide bonds. The van der Waals surface area contributed by atoms with Crippen molar-refractivity contribution in [1.29, 1.82) is 0 Å². The number of rotatable bonds is 7. The molecule has 0 saturated heterocycles. The highest BCUT2D eigenvalue weighted by atomic mass is 15.1. The normalized spacial score (nSPS) is 15.1. The first-order valence-electron chi connectivity index (χ1n) is 20.6. The van der Waals surface area contributed by atoms with E-state index in [1.807, 2.05) is 0 Å². The van der Waals surface area contributed by atoms with Gasteiger partial charge in [0.05, 0.1) is 10.8 Å². The van der Waals surface area contributed by atoms with Gasteiger partial charge in [-0.1, -0.05) is 194 Å². The average Bonchev–Trinajstić information content (AvgIpc) is 3.58. The van der Waals surface area contributed by atoms with Gasteiger partial charge in [0.15, 0.2) is 0 Å². The first-order valence-corrected chi connectivity index (χ1v) is 20.6. The highest BCUT2D eigenvalue weighted by Crippen LogP contribution is 2.65. The zero-order valence-corrected chi connectivity index (χ0v) is 32.4. The lowest BCUT2D eigenvalue weighted by Crippen LogP contribution is -2.44. The summed E-state index contributed by atoms with van der Waals surface area (Å²) in [6, 6.07) is 77.3. The summed E-state index contributed by atoms with van der Waals surface area (Å²) in [5.74, 6) is 0. The Kier molecular flexibility index (Phi) is 8.22. The van der Waals surface area contributed by atoms with Crippen molar-refractivity contribution in [2.75, 3.05) is 4.90 Å². The maximum atomic E-state index is 2.56. The Bertz CT molecular complexity index is 2720. The number of allylic oxidation sites excluding steroid dienone is 4. The molecule has 0 aliphatic heterocycles. The SMILES string of the molecule is C1=CCCC(Cc2ccc3c(c2)C2(c4cc(N(c5ccccc5)c5ccccc5)ccc4-3)c3ccccc3C(c3ccccc3)(c3ccccc3)c3ccccc32)=C1. The van der Waals surface area contributed by atoms with Gasteiger partial charge in [-0.2, -0.15) is 0 Å². The topological polar surface area (TPSA) is 3.24 Å². The van der Waals surface area contributed by atoms with Crippen LogP contribution in [0.5, 0.6) is 0 Å². The maximum Gasteiger partial charge on any atom is 0.0720 e. The zero-order valence-electron chi connectivity index (χ0n) is 32.4. The van der Waals surface area contributed by atoms with E-state index in [1.54, 1.807) is 0 Å². The van der Waals surface area contributed by atoms with Gasteiger partial charge in [-0.15, -0.1) is 0 Å². The standard InChI is InChI=1S/C57H43N/c1-6-20-41(21-7-1)38-42-34-36-48-49-37-35-47(58(45-26-12-4-13-27-45)46-28-14-5-15-29-46)40-55(49)57(54(48)39-42)52-32-18-16-30-50(52)56(43-22-8-2-9-23-43,44-24-10-3-11-25-44)51-31-17-19-33-53(51)57/h1-6,8-20,22-37,39-40H,7,21,38H2. The number of anilines is 3. The van der Waals surface area contributed by atoms with Crippen LogP contribution in [0.1, 0.15) is 62.9 Å². The van der Waals surface area contributed by atoms with Crippen LogP contribution in [0, 0.1) is 0 Å². The van der Waals surface area contributed by atoms with Crippen LogP contribution >= 0.6 is 0 Å². The first kappa shape index (κ1) is 34.3. The van der Waals surface area contributed by atoms with Crippen molar-refractivity contribution in [2.24, 2.45) is 0 Å². The van der Waals surface area contributed by atoms with E-state index < -0.39 is 10.8 Å². The van der Waals surface area contributed by atoms with Gasteiger partial charge in [-0.3, -0.25) is 0 Å². The van der Waals surface area contributed by atoms with Gasteiger partial charge in [0.25, 0.3) is 0 Å². The van der Waals surface area contributed by atoms with E-state index in [4.69, 9.17) is 0 Å². The lowest BCUT2D eigenvalue weighted by atomic mass is 9.51. The molecule has 0 aromatic heterocycles. The van der Waals surface area contributed by atoms with Crippen LogP contribution < -0.4 is 4.90 Å². The third kappa shape index (κ3) is 5.10. The fourth-order valence-electron chi connectivity index (χ4n) is 10.6. The molecule has 0 saturated carbocycles. The summed E-state index contributed by atoms with van der Waals surface area (Å²) in [5, 5.41) is 0. The fourth-order valence-corrected chi connectivity index (χ4v) is 10.6. The minimum Gasteiger partial charge on any atom is -0.310 e. The van der Waals surface area contributed by atoms with Gasteiger partial charge < -0.3 is 4.90 Å². The van der Waals surface area contributed by atoms with E-state index in [0.717, 1.165) is 36.3 Å². The third-order valence-corrected chi connectivity index (χ3v) is 12.9. The van der Waals surface area contributed by atoms with E-state index in [0.29, 0.717) is 0 Å². The average molecular weight is 742 g/mol. The van der Waals surface area contributed by atoms with E-state index in [2.05, 4.69) is 229 Å². The predicted octanol–water partition coefficient (Wildman–Crippen LogP) is 14.0. The number of hydrogen-bond acceptors (Lipinski definition) is 1. The molecule has 8 aromatic rings. The molecule has 1 spiro atoms. The van der Waals surface area contributed by atoms with E-state index in [1.165, 1.54) is 66.8 Å². The quantitative estimate of drug-likeness (QED) is 0.157. The molecule has 0 N–H and O–H groups in total. The molecular formula is C57H43N. The van der Waals surface area contributed by atoms with Crippen molar-refractivity contribution in [1.82, 2.24) is 0 Å². The molecule has 0 atom stereocenters. The number of benzene rings is 8. The van der Waals surface area contributed by atoms with Crippen molar-refractivity contribution in [2.45, 2.75) is 30.1 Å². The van der Waals surface area contributed by atoms with Crippen LogP contribution in [0.3, 0.4) is 0 Å². The van der Waals surface area contributed by atoms with Crippen molar-refractivity contribution in [3.05, 3.63) is 280 Å². The Morgan fingerprint density at radius 1 is 0.397 bits per heavy atom. The van der Waals surface area contributed by atoms with Crippen LogP contribution in [0.2, 0.25) is 0 Å². The second-order valence-corrected chi connectivity index (χ2v) is 15.9. The molecular weight excluding hydrogens is 699 g/mol. The first-order chi connectivity index (χ1) is 28.8. The molecule has 0 bridgehead atoms. The van der Waals surface area contributed by atoms with Crippen LogP contribution in [0.25, 0.3) is 11.1 Å².